The molecular formula is C5H5BrO2. The van der Waals surface area contributed by atoms with E-state index in [1.807, 2.05) is 0 Å². The molecule has 0 atom stereocenters. The minimum atomic E-state index is 0.122. The molecule has 0 aromatic carbocycles. The van der Waals surface area contributed by atoms with Gasteiger partial charge in [0.2, 0.25) is 0 Å². The normalized spacial score (nSPS) is 19.6. The Balaban J connectivity index is 2.67. The van der Waals surface area contributed by atoms with E-state index in [1.165, 1.54) is 6.26 Å². The summed E-state index contributed by atoms with van der Waals surface area (Å²) in [5.74, 6) is 0.122. The lowest BCUT2D eigenvalue weighted by Crippen LogP contribution is -2.07. The highest BCUT2D eigenvalue weighted by molar-refractivity contribution is 9.12. The van der Waals surface area contributed by atoms with Crippen LogP contribution in [0.3, 0.4) is 0 Å². The number of allylic oxidation sites excluding steroid dienone is 1. The molecule has 0 bridgehead atoms. The molecule has 0 unspecified atom stereocenters. The third kappa shape index (κ3) is 1.10. The second kappa shape index (κ2) is 2.31. The predicted octanol–water partition coefficient (Wildman–Crippen LogP) is 1.21. The first-order valence-electron chi connectivity index (χ1n) is 2.31. The summed E-state index contributed by atoms with van der Waals surface area (Å²) in [4.78, 5) is 10.6. The molecule has 8 heavy (non-hydrogen) atoms. The molecule has 1 aliphatic rings. The Bertz CT molecular complexity index is 139. The summed E-state index contributed by atoms with van der Waals surface area (Å²) in [5.41, 5.74) is 0. The van der Waals surface area contributed by atoms with Crippen molar-refractivity contribution in [2.45, 2.75) is 6.42 Å². The molecule has 0 aromatic rings. The number of ketones is 1. The zero-order valence-corrected chi connectivity index (χ0v) is 5.77. The van der Waals surface area contributed by atoms with Crippen LogP contribution in [0.1, 0.15) is 6.42 Å². The fourth-order valence-electron chi connectivity index (χ4n) is 0.469. The largest absolute Gasteiger partial charge is 0.499 e. The molecule has 44 valence electrons. The van der Waals surface area contributed by atoms with E-state index < -0.39 is 0 Å². The Hall–Kier alpha value is -0.310. The predicted molar refractivity (Wildman–Crippen MR) is 32.6 cm³/mol. The van der Waals surface area contributed by atoms with Gasteiger partial charge in [0.1, 0.15) is 6.26 Å². The van der Waals surface area contributed by atoms with Crippen molar-refractivity contribution in [3.05, 3.63) is 10.7 Å². The molecule has 1 heterocycles. The van der Waals surface area contributed by atoms with Gasteiger partial charge in [0.25, 0.3) is 0 Å². The van der Waals surface area contributed by atoms with Crippen LogP contribution in [-0.4, -0.2) is 12.4 Å². The van der Waals surface area contributed by atoms with Gasteiger partial charge in [-0.3, -0.25) is 4.79 Å². The zero-order valence-electron chi connectivity index (χ0n) is 4.19. The molecule has 0 fully saturated rings. The second-order valence-electron chi connectivity index (χ2n) is 1.51. The smallest absolute Gasteiger partial charge is 0.176 e. The number of Topliss-reactive ketones (excluding diaryl/α,β-unsaturated/α-hetero) is 1. The van der Waals surface area contributed by atoms with Crippen LogP contribution in [0.15, 0.2) is 10.7 Å². The molecular weight excluding hydrogens is 172 g/mol. The first kappa shape index (κ1) is 5.82. The van der Waals surface area contributed by atoms with Gasteiger partial charge in [0.15, 0.2) is 5.78 Å². The maximum absolute atomic E-state index is 10.6. The van der Waals surface area contributed by atoms with E-state index in [-0.39, 0.29) is 5.78 Å². The van der Waals surface area contributed by atoms with Crippen molar-refractivity contribution in [1.29, 1.82) is 0 Å². The molecule has 0 saturated heterocycles. The zero-order chi connectivity index (χ0) is 5.98. The lowest BCUT2D eigenvalue weighted by atomic mass is 10.3. The number of carbonyl (C=O) groups excluding carboxylic acids is 1. The molecule has 1 aliphatic heterocycles. The SMILES string of the molecule is O=C1CCOC=C1Br. The molecule has 1 rings (SSSR count). The Labute approximate surface area is 55.6 Å². The van der Waals surface area contributed by atoms with Crippen molar-refractivity contribution in [1.82, 2.24) is 0 Å². The third-order valence-electron chi connectivity index (χ3n) is 0.900. The molecule has 3 heteroatoms. The van der Waals surface area contributed by atoms with Crippen LogP contribution in [0.2, 0.25) is 0 Å². The van der Waals surface area contributed by atoms with Crippen molar-refractivity contribution in [3.63, 3.8) is 0 Å². The Morgan fingerprint density at radius 2 is 2.50 bits per heavy atom. The summed E-state index contributed by atoms with van der Waals surface area (Å²) in [6.07, 6.45) is 1.93. The Morgan fingerprint density at radius 3 is 2.88 bits per heavy atom. The van der Waals surface area contributed by atoms with E-state index in [2.05, 4.69) is 15.9 Å². The van der Waals surface area contributed by atoms with Gasteiger partial charge in [0.05, 0.1) is 11.1 Å². The molecule has 0 aliphatic carbocycles. The Morgan fingerprint density at radius 1 is 1.75 bits per heavy atom. The summed E-state index contributed by atoms with van der Waals surface area (Å²) in [7, 11) is 0. The standard InChI is InChI=1S/C5H5BrO2/c6-4-3-8-2-1-5(4)7/h3H,1-2H2. The number of carbonyl (C=O) groups is 1. The van der Waals surface area contributed by atoms with Gasteiger partial charge in [-0.1, -0.05) is 0 Å². The second-order valence-corrected chi connectivity index (χ2v) is 2.36. The van der Waals surface area contributed by atoms with Crippen LogP contribution in [0.5, 0.6) is 0 Å². The van der Waals surface area contributed by atoms with E-state index in [0.717, 1.165) is 0 Å². The third-order valence-corrected chi connectivity index (χ3v) is 1.53. The number of hydrogen-bond donors (Lipinski definition) is 0. The lowest BCUT2D eigenvalue weighted by Gasteiger charge is -2.05. The van der Waals surface area contributed by atoms with Gasteiger partial charge < -0.3 is 4.74 Å². The highest BCUT2D eigenvalue weighted by atomic mass is 79.9. The van der Waals surface area contributed by atoms with Crippen LogP contribution >= 0.6 is 15.9 Å². The summed E-state index contributed by atoms with van der Waals surface area (Å²) in [6, 6.07) is 0. The minimum Gasteiger partial charge on any atom is -0.499 e. The maximum Gasteiger partial charge on any atom is 0.176 e. The molecule has 0 saturated carbocycles. The van der Waals surface area contributed by atoms with Crippen LogP contribution in [0, 0.1) is 0 Å². The van der Waals surface area contributed by atoms with Gasteiger partial charge in [-0.25, -0.2) is 0 Å². The maximum atomic E-state index is 10.6. The van der Waals surface area contributed by atoms with Gasteiger partial charge in [0, 0.05) is 6.42 Å². The Kier molecular flexibility index (Phi) is 1.68. The van der Waals surface area contributed by atoms with Gasteiger partial charge in [-0.15, -0.1) is 0 Å². The van der Waals surface area contributed by atoms with E-state index in [9.17, 15) is 4.79 Å². The van der Waals surface area contributed by atoms with Crippen molar-refractivity contribution in [2.24, 2.45) is 0 Å². The average molecular weight is 177 g/mol. The fourth-order valence-corrected chi connectivity index (χ4v) is 0.799. The summed E-state index contributed by atoms with van der Waals surface area (Å²) in [6.45, 7) is 0.522. The number of hydrogen-bond acceptors (Lipinski definition) is 2. The summed E-state index contributed by atoms with van der Waals surface area (Å²) in [5, 5.41) is 0. The molecule has 0 spiro atoms. The number of halogens is 1. The highest BCUT2D eigenvalue weighted by Gasteiger charge is 2.09. The number of rotatable bonds is 0. The van der Waals surface area contributed by atoms with Crippen molar-refractivity contribution >= 4 is 21.7 Å². The molecule has 0 aromatic heterocycles. The molecule has 0 amide bonds. The summed E-state index contributed by atoms with van der Waals surface area (Å²) < 4.78 is 5.37. The lowest BCUT2D eigenvalue weighted by molar-refractivity contribution is -0.116. The van der Waals surface area contributed by atoms with E-state index in [0.29, 0.717) is 17.5 Å². The average Bonchev–Trinajstić information content (AvgIpc) is 1.77. The fraction of sp³-hybridized carbons (Fsp3) is 0.400. The first-order chi connectivity index (χ1) is 3.80. The summed E-state index contributed by atoms with van der Waals surface area (Å²) >= 11 is 3.04. The van der Waals surface area contributed by atoms with E-state index >= 15 is 0 Å². The molecule has 0 radical (unpaired) electrons. The molecule has 0 N–H and O–H groups in total. The number of ether oxygens (including phenoxy) is 1. The van der Waals surface area contributed by atoms with Crippen molar-refractivity contribution in [2.75, 3.05) is 6.61 Å². The van der Waals surface area contributed by atoms with Crippen LogP contribution in [-0.2, 0) is 9.53 Å². The van der Waals surface area contributed by atoms with Crippen LogP contribution in [0.25, 0.3) is 0 Å². The van der Waals surface area contributed by atoms with Crippen molar-refractivity contribution in [3.8, 4) is 0 Å². The quantitative estimate of drug-likeness (QED) is 0.555. The van der Waals surface area contributed by atoms with E-state index in [1.54, 1.807) is 0 Å². The minimum absolute atomic E-state index is 0.122. The van der Waals surface area contributed by atoms with E-state index in [4.69, 9.17) is 4.74 Å². The van der Waals surface area contributed by atoms with Crippen LogP contribution in [0.4, 0.5) is 0 Å². The topological polar surface area (TPSA) is 26.3 Å². The van der Waals surface area contributed by atoms with Gasteiger partial charge >= 0.3 is 0 Å². The highest BCUT2D eigenvalue weighted by Crippen LogP contribution is 2.12. The van der Waals surface area contributed by atoms with Gasteiger partial charge in [-0.2, -0.15) is 0 Å². The first-order valence-corrected chi connectivity index (χ1v) is 3.10. The monoisotopic (exact) mass is 176 g/mol. The molecule has 2 nitrogen and oxygen atoms in total. The van der Waals surface area contributed by atoms with Crippen molar-refractivity contribution < 1.29 is 9.53 Å². The van der Waals surface area contributed by atoms with Gasteiger partial charge in [-0.05, 0) is 15.9 Å². The van der Waals surface area contributed by atoms with Crippen LogP contribution < -0.4 is 0 Å².